The van der Waals surface area contributed by atoms with Crippen LogP contribution in [0.1, 0.15) is 47.5 Å². The lowest BCUT2D eigenvalue weighted by atomic mass is 9.85. The van der Waals surface area contributed by atoms with Crippen LogP contribution in [0.5, 0.6) is 0 Å². The molecule has 0 amide bonds. The predicted molar refractivity (Wildman–Crippen MR) is 69.4 cm³/mol. The summed E-state index contributed by atoms with van der Waals surface area (Å²) in [4.78, 5) is 5.36. The Morgan fingerprint density at radius 1 is 1.06 bits per heavy atom. The number of fused-ring (bicyclic) bond motifs is 1. The highest BCUT2D eigenvalue weighted by Gasteiger charge is 2.39. The standard InChI is InChI=1S/C14H28N2/c1-11(2)12-6-7-13-9-16(14(3,4)5)10-15(13)8-12/h11-13H,6-10H2,1-5H3. The normalized spacial score (nSPS) is 33.4. The van der Waals surface area contributed by atoms with Crippen molar-refractivity contribution in [1.29, 1.82) is 0 Å². The Bertz CT molecular complexity index is 242. The lowest BCUT2D eigenvalue weighted by Crippen LogP contribution is -2.42. The number of nitrogens with zero attached hydrogens (tertiary/aromatic N) is 2. The molecule has 0 aliphatic carbocycles. The van der Waals surface area contributed by atoms with Gasteiger partial charge in [0.15, 0.2) is 0 Å². The van der Waals surface area contributed by atoms with Gasteiger partial charge in [-0.1, -0.05) is 13.8 Å². The molecule has 2 heterocycles. The summed E-state index contributed by atoms with van der Waals surface area (Å²) >= 11 is 0. The fraction of sp³-hybridized carbons (Fsp3) is 1.00. The molecule has 0 aromatic heterocycles. The molecule has 2 nitrogen and oxygen atoms in total. The number of hydrogen-bond acceptors (Lipinski definition) is 2. The lowest BCUT2D eigenvalue weighted by Gasteiger charge is -2.36. The highest BCUT2D eigenvalue weighted by Crippen LogP contribution is 2.33. The topological polar surface area (TPSA) is 6.48 Å². The third kappa shape index (κ3) is 2.43. The van der Waals surface area contributed by atoms with Gasteiger partial charge >= 0.3 is 0 Å². The van der Waals surface area contributed by atoms with Gasteiger partial charge in [-0.3, -0.25) is 9.80 Å². The minimum atomic E-state index is 0.338. The van der Waals surface area contributed by atoms with E-state index < -0.39 is 0 Å². The molecular weight excluding hydrogens is 196 g/mol. The maximum absolute atomic E-state index is 2.72. The van der Waals surface area contributed by atoms with E-state index in [1.165, 1.54) is 32.6 Å². The van der Waals surface area contributed by atoms with E-state index in [0.717, 1.165) is 17.9 Å². The summed E-state index contributed by atoms with van der Waals surface area (Å²) < 4.78 is 0. The Labute approximate surface area is 101 Å². The van der Waals surface area contributed by atoms with Gasteiger partial charge in [0.2, 0.25) is 0 Å². The number of hydrogen-bond donors (Lipinski definition) is 0. The first-order valence-electron chi connectivity index (χ1n) is 6.87. The van der Waals surface area contributed by atoms with E-state index in [1.54, 1.807) is 0 Å². The van der Waals surface area contributed by atoms with Crippen LogP contribution in [0.4, 0.5) is 0 Å². The molecule has 2 unspecified atom stereocenters. The van der Waals surface area contributed by atoms with Crippen molar-refractivity contribution in [3.05, 3.63) is 0 Å². The lowest BCUT2D eigenvalue weighted by molar-refractivity contribution is 0.0992. The zero-order chi connectivity index (χ0) is 11.9. The van der Waals surface area contributed by atoms with Gasteiger partial charge in [-0.05, 0) is 45.4 Å². The zero-order valence-electron chi connectivity index (χ0n) is 11.7. The molecule has 2 rings (SSSR count). The van der Waals surface area contributed by atoms with Crippen molar-refractivity contribution in [3.63, 3.8) is 0 Å². The molecule has 2 saturated heterocycles. The van der Waals surface area contributed by atoms with Gasteiger partial charge < -0.3 is 0 Å². The van der Waals surface area contributed by atoms with E-state index in [9.17, 15) is 0 Å². The van der Waals surface area contributed by atoms with Crippen LogP contribution in [-0.4, -0.2) is 41.1 Å². The molecular formula is C14H28N2. The van der Waals surface area contributed by atoms with Crippen LogP contribution < -0.4 is 0 Å². The molecule has 94 valence electrons. The summed E-state index contributed by atoms with van der Waals surface area (Å²) in [7, 11) is 0. The van der Waals surface area contributed by atoms with Crippen molar-refractivity contribution in [2.75, 3.05) is 19.8 Å². The summed E-state index contributed by atoms with van der Waals surface area (Å²) in [5, 5.41) is 0. The maximum atomic E-state index is 2.72. The van der Waals surface area contributed by atoms with Gasteiger partial charge in [-0.2, -0.15) is 0 Å². The van der Waals surface area contributed by atoms with Gasteiger partial charge in [-0.15, -0.1) is 0 Å². The van der Waals surface area contributed by atoms with Crippen LogP contribution in [0.15, 0.2) is 0 Å². The molecule has 2 aliphatic heterocycles. The third-order valence-corrected chi connectivity index (χ3v) is 4.53. The van der Waals surface area contributed by atoms with E-state index in [4.69, 9.17) is 0 Å². The summed E-state index contributed by atoms with van der Waals surface area (Å²) in [5.74, 6) is 1.78. The highest BCUT2D eigenvalue weighted by atomic mass is 15.4. The molecule has 0 aromatic carbocycles. The summed E-state index contributed by atoms with van der Waals surface area (Å²) in [6, 6.07) is 0.842. The first-order valence-corrected chi connectivity index (χ1v) is 6.87. The van der Waals surface area contributed by atoms with E-state index in [2.05, 4.69) is 44.4 Å². The molecule has 0 radical (unpaired) electrons. The van der Waals surface area contributed by atoms with Gasteiger partial charge in [0.05, 0.1) is 6.67 Å². The van der Waals surface area contributed by atoms with Crippen molar-refractivity contribution in [2.24, 2.45) is 11.8 Å². The molecule has 0 saturated carbocycles. The first-order chi connectivity index (χ1) is 7.38. The zero-order valence-corrected chi connectivity index (χ0v) is 11.7. The first kappa shape index (κ1) is 12.4. The SMILES string of the molecule is CC(C)C1CCC2CN(C(C)(C)C)CN2C1. The van der Waals surface area contributed by atoms with Gasteiger partial charge in [0.25, 0.3) is 0 Å². The van der Waals surface area contributed by atoms with Crippen molar-refractivity contribution >= 4 is 0 Å². The fourth-order valence-corrected chi connectivity index (χ4v) is 3.07. The molecule has 0 N–H and O–H groups in total. The van der Waals surface area contributed by atoms with E-state index in [-0.39, 0.29) is 0 Å². The van der Waals surface area contributed by atoms with Gasteiger partial charge in [0, 0.05) is 24.7 Å². The molecule has 2 aliphatic rings. The molecule has 2 heteroatoms. The largest absolute Gasteiger partial charge is 0.286 e. The second-order valence-electron chi connectivity index (χ2n) is 7.04. The summed E-state index contributed by atoms with van der Waals surface area (Å²) in [6.07, 6.45) is 2.85. The fourth-order valence-electron chi connectivity index (χ4n) is 3.07. The molecule has 0 spiro atoms. The van der Waals surface area contributed by atoms with Crippen molar-refractivity contribution < 1.29 is 0 Å². The molecule has 0 bridgehead atoms. The van der Waals surface area contributed by atoms with Gasteiger partial charge in [-0.25, -0.2) is 0 Å². The Kier molecular flexibility index (Phi) is 3.33. The van der Waals surface area contributed by atoms with Crippen molar-refractivity contribution in [2.45, 2.75) is 59.0 Å². The van der Waals surface area contributed by atoms with E-state index in [0.29, 0.717) is 5.54 Å². The van der Waals surface area contributed by atoms with Crippen LogP contribution in [0.2, 0.25) is 0 Å². The average molecular weight is 224 g/mol. The third-order valence-electron chi connectivity index (χ3n) is 4.53. The maximum Gasteiger partial charge on any atom is 0.0514 e. The molecule has 2 atom stereocenters. The monoisotopic (exact) mass is 224 g/mol. The van der Waals surface area contributed by atoms with Crippen molar-refractivity contribution in [3.8, 4) is 0 Å². The molecule has 0 aromatic rings. The second kappa shape index (κ2) is 4.30. The van der Waals surface area contributed by atoms with Crippen LogP contribution in [-0.2, 0) is 0 Å². The average Bonchev–Trinajstić information content (AvgIpc) is 2.58. The smallest absolute Gasteiger partial charge is 0.0514 e. The van der Waals surface area contributed by atoms with E-state index in [1.807, 2.05) is 0 Å². The molecule has 2 fully saturated rings. The Morgan fingerprint density at radius 2 is 1.75 bits per heavy atom. The van der Waals surface area contributed by atoms with Crippen LogP contribution in [0.3, 0.4) is 0 Å². The molecule has 16 heavy (non-hydrogen) atoms. The summed E-state index contributed by atoms with van der Waals surface area (Å²) in [6.45, 7) is 15.6. The number of rotatable bonds is 1. The van der Waals surface area contributed by atoms with Crippen LogP contribution >= 0.6 is 0 Å². The van der Waals surface area contributed by atoms with Gasteiger partial charge in [0.1, 0.15) is 0 Å². The van der Waals surface area contributed by atoms with E-state index >= 15 is 0 Å². The second-order valence-corrected chi connectivity index (χ2v) is 7.04. The Morgan fingerprint density at radius 3 is 2.31 bits per heavy atom. The van der Waals surface area contributed by atoms with Crippen molar-refractivity contribution in [1.82, 2.24) is 9.80 Å². The Hall–Kier alpha value is -0.0800. The minimum Gasteiger partial charge on any atom is -0.286 e. The number of piperidine rings is 1. The highest BCUT2D eigenvalue weighted by molar-refractivity contribution is 4.93. The van der Waals surface area contributed by atoms with Crippen LogP contribution in [0.25, 0.3) is 0 Å². The minimum absolute atomic E-state index is 0.338. The Balaban J connectivity index is 1.96. The summed E-state index contributed by atoms with van der Waals surface area (Å²) in [5.41, 5.74) is 0.338. The predicted octanol–water partition coefficient (Wildman–Crippen LogP) is 2.79. The quantitative estimate of drug-likeness (QED) is 0.676. The van der Waals surface area contributed by atoms with Crippen LogP contribution in [0, 0.1) is 11.8 Å².